The van der Waals surface area contributed by atoms with Crippen molar-refractivity contribution in [1.82, 2.24) is 16.0 Å². The van der Waals surface area contributed by atoms with Gasteiger partial charge in [-0.05, 0) is 0 Å². The van der Waals surface area contributed by atoms with Crippen LogP contribution in [-0.2, 0) is 61.8 Å². The summed E-state index contributed by atoms with van der Waals surface area (Å²) in [6, 6.07) is -4.75. The molecule has 26 atom stereocenters. The van der Waals surface area contributed by atoms with E-state index in [-0.39, 0.29) is 0 Å². The third-order valence-corrected chi connectivity index (χ3v) is 12.5. The molecule has 19 N–H and O–H groups in total. The Hall–Kier alpha value is -3.08. The average Bonchev–Trinajstić information content (AvgIpc) is 3.31. The van der Waals surface area contributed by atoms with Crippen LogP contribution in [0.15, 0.2) is 0 Å². The molecule has 5 fully saturated rings. The second kappa shape index (κ2) is 25.0. The maximum Gasteiger partial charge on any atom is 0.364 e. The van der Waals surface area contributed by atoms with Crippen LogP contribution in [0.5, 0.6) is 0 Å². The molecule has 0 aromatic carbocycles. The Morgan fingerprint density at radius 3 is 1.65 bits per heavy atom. The van der Waals surface area contributed by atoms with E-state index in [0.29, 0.717) is 0 Å². The Morgan fingerprint density at radius 1 is 0.577 bits per heavy atom. The fourth-order valence-corrected chi connectivity index (χ4v) is 8.72. The molecule has 0 aliphatic carbocycles. The number of carboxylic acid groups (broad SMARTS) is 1. The van der Waals surface area contributed by atoms with Gasteiger partial charge in [0.2, 0.25) is 17.7 Å². The van der Waals surface area contributed by atoms with Crippen LogP contribution >= 0.6 is 0 Å². The summed E-state index contributed by atoms with van der Waals surface area (Å²) in [5.74, 6) is -7.21. The lowest BCUT2D eigenvalue weighted by atomic mass is 9.88. The van der Waals surface area contributed by atoms with Crippen molar-refractivity contribution < 1.29 is 144 Å². The van der Waals surface area contributed by atoms with Crippen LogP contribution in [0.1, 0.15) is 27.2 Å². The number of rotatable bonds is 19. The van der Waals surface area contributed by atoms with E-state index in [1.165, 1.54) is 0 Å². The summed E-state index contributed by atoms with van der Waals surface area (Å²) in [5.41, 5.74) is 0. The number of amides is 3. The number of aliphatic carboxylic acids is 1. The van der Waals surface area contributed by atoms with E-state index in [4.69, 9.17) is 42.6 Å². The van der Waals surface area contributed by atoms with Crippen molar-refractivity contribution in [3.05, 3.63) is 0 Å². The van der Waals surface area contributed by atoms with Crippen LogP contribution in [0, 0.1) is 0 Å². The molecular weight excluding hydrogens is 974 g/mol. The van der Waals surface area contributed by atoms with Crippen molar-refractivity contribution in [1.29, 1.82) is 0 Å². The quantitative estimate of drug-likeness (QED) is 0.0571. The predicted octanol–water partition coefficient (Wildman–Crippen LogP) is -12.3. The zero-order chi connectivity index (χ0) is 53.0. The van der Waals surface area contributed by atoms with Gasteiger partial charge in [-0.15, -0.1) is 0 Å². The number of hydrogen-bond donors (Lipinski definition) is 19. The summed E-state index contributed by atoms with van der Waals surface area (Å²) in [4.78, 5) is 48.8. The van der Waals surface area contributed by atoms with Crippen molar-refractivity contribution >= 4 is 23.7 Å². The average molecular weight is 1040 g/mol. The van der Waals surface area contributed by atoms with Crippen LogP contribution in [-0.4, -0.2) is 297 Å². The normalized spacial score (nSPS) is 45.0. The van der Waals surface area contributed by atoms with Gasteiger partial charge in [0.1, 0.15) is 116 Å². The third-order valence-electron chi connectivity index (χ3n) is 12.5. The molecular formula is C39H65N3O29. The highest BCUT2D eigenvalue weighted by atomic mass is 16.8. The second-order valence-corrected chi connectivity index (χ2v) is 17.7. The number of aliphatic hydroxyl groups excluding tert-OH is 15. The van der Waals surface area contributed by atoms with E-state index in [1.807, 2.05) is 0 Å². The summed E-state index contributed by atoms with van der Waals surface area (Å²) in [6.45, 7) is -1.64. The fraction of sp³-hybridized carbons (Fsp3) is 0.897. The molecule has 32 nitrogen and oxygen atoms in total. The first kappa shape index (κ1) is 58.8. The predicted molar refractivity (Wildman–Crippen MR) is 219 cm³/mol. The first-order valence-electron chi connectivity index (χ1n) is 22.2. The Labute approximate surface area is 402 Å². The molecule has 3 amide bonds. The SMILES string of the molecule is CC(=O)N[C@H]1[C@H](O[C@H]2[C@@H](O)[C@H](O)[C@@H](CO[C@@H]3O[C@H](CO)[C@@H](O)[C@H](O)[C@H]3NC(C)=O)O[C@@H]2O)O[C@H](CO)[C@@H](O[C@@H]2O[C@H](CO[C@]3(C(=O)O)C[C@H](O)[C@@H](NC(C)=O)[C@H]([C@H](O)[C@H](O)CO)O3)[C@H](O)[C@H](O)[C@H]2O)[C@@H]1O. The largest absolute Gasteiger partial charge is 0.477 e. The van der Waals surface area contributed by atoms with Crippen molar-refractivity contribution in [2.45, 2.75) is 186 Å². The van der Waals surface area contributed by atoms with E-state index in [0.717, 1.165) is 20.8 Å². The number of nitrogens with one attached hydrogen (secondary N) is 3. The van der Waals surface area contributed by atoms with Gasteiger partial charge in [-0.2, -0.15) is 0 Å². The van der Waals surface area contributed by atoms with Gasteiger partial charge in [0.15, 0.2) is 25.2 Å². The van der Waals surface area contributed by atoms with Crippen molar-refractivity contribution in [2.75, 3.05) is 33.0 Å². The minimum absolute atomic E-state index is 0.675. The molecule has 0 radical (unpaired) electrons. The lowest BCUT2D eigenvalue weighted by molar-refractivity contribution is -0.374. The monoisotopic (exact) mass is 1040 g/mol. The van der Waals surface area contributed by atoms with Gasteiger partial charge in [-0.1, -0.05) is 0 Å². The number of carboxylic acids is 1. The Morgan fingerprint density at radius 2 is 1.08 bits per heavy atom. The number of aliphatic hydroxyl groups is 15. The fourth-order valence-electron chi connectivity index (χ4n) is 8.72. The van der Waals surface area contributed by atoms with Crippen LogP contribution in [0.25, 0.3) is 0 Å². The van der Waals surface area contributed by atoms with Gasteiger partial charge >= 0.3 is 5.97 Å². The van der Waals surface area contributed by atoms with Gasteiger partial charge in [0.25, 0.3) is 5.79 Å². The first-order chi connectivity index (χ1) is 33.3. The zero-order valence-corrected chi connectivity index (χ0v) is 38.1. The molecule has 0 aromatic heterocycles. The van der Waals surface area contributed by atoms with Crippen molar-refractivity contribution in [3.8, 4) is 0 Å². The maximum absolute atomic E-state index is 12.7. The molecule has 0 bridgehead atoms. The van der Waals surface area contributed by atoms with Crippen LogP contribution in [0.2, 0.25) is 0 Å². The van der Waals surface area contributed by atoms with Gasteiger partial charge in [-0.3, -0.25) is 14.4 Å². The second-order valence-electron chi connectivity index (χ2n) is 17.7. The molecule has 32 heteroatoms. The summed E-state index contributed by atoms with van der Waals surface area (Å²) in [6.07, 6.45) is -43.3. The molecule has 5 heterocycles. The summed E-state index contributed by atoms with van der Waals surface area (Å²) >= 11 is 0. The Balaban J connectivity index is 1.28. The molecule has 5 saturated heterocycles. The topological polar surface area (TPSA) is 511 Å². The van der Waals surface area contributed by atoms with E-state index in [2.05, 4.69) is 16.0 Å². The molecule has 5 rings (SSSR count). The molecule has 71 heavy (non-hydrogen) atoms. The van der Waals surface area contributed by atoms with Gasteiger partial charge in [0, 0.05) is 27.2 Å². The summed E-state index contributed by atoms with van der Waals surface area (Å²) in [5, 5.41) is 177. The molecule has 0 unspecified atom stereocenters. The van der Waals surface area contributed by atoms with E-state index < -0.39 is 222 Å². The van der Waals surface area contributed by atoms with Gasteiger partial charge in [0.05, 0.1) is 45.2 Å². The molecule has 0 aromatic rings. The number of hydrogen-bond acceptors (Lipinski definition) is 28. The molecule has 5 aliphatic rings. The molecule has 0 saturated carbocycles. The lowest BCUT2D eigenvalue weighted by Crippen LogP contribution is -2.69. The van der Waals surface area contributed by atoms with Crippen molar-refractivity contribution in [2.24, 2.45) is 0 Å². The smallest absolute Gasteiger partial charge is 0.364 e. The summed E-state index contributed by atoms with van der Waals surface area (Å²) in [7, 11) is 0. The summed E-state index contributed by atoms with van der Waals surface area (Å²) < 4.78 is 50.5. The molecule has 5 aliphatic heterocycles. The molecule has 410 valence electrons. The van der Waals surface area contributed by atoms with Gasteiger partial charge < -0.3 is 140 Å². The minimum atomic E-state index is -2.95. The van der Waals surface area contributed by atoms with Gasteiger partial charge in [-0.25, -0.2) is 4.79 Å². The lowest BCUT2D eigenvalue weighted by Gasteiger charge is -2.49. The zero-order valence-electron chi connectivity index (χ0n) is 38.1. The standard InChI is InChI=1S/C39H65N3O29/c1-10(46)40-19-13(49)4-39(38(61)62,71-32(19)22(51)14(50)5-43)64-9-18-24(53)28(57)30(59)37(68-18)69-31-16(7-45)67-36(21(27(31)56)42-12(3)48)70-33-29(58)25(54)17(65-34(33)60)8-63-35-20(41-11(2)47)26(55)23(52)15(6-44)66-35/h13-37,43-45,49-60H,4-9H2,1-3H3,(H,40,46)(H,41,47)(H,42,48)(H,61,62)/t13-,14+,15+,16+,17+,18+,19+,20+,21+,22+,23+,24-,25+,26+,27+,28-,29-,30+,31+,32+,33-,34-,35+,36-,37-,39+/m0/s1. The van der Waals surface area contributed by atoms with Crippen LogP contribution < -0.4 is 16.0 Å². The highest BCUT2D eigenvalue weighted by Gasteiger charge is 2.58. The van der Waals surface area contributed by atoms with E-state index in [9.17, 15) is 101 Å². The third kappa shape index (κ3) is 13.2. The molecule has 0 spiro atoms. The Kier molecular flexibility index (Phi) is 20.7. The number of carbonyl (C=O) groups excluding carboxylic acids is 3. The highest BCUT2D eigenvalue weighted by Crippen LogP contribution is 2.37. The number of carbonyl (C=O) groups is 4. The number of ether oxygens (including phenoxy) is 9. The minimum Gasteiger partial charge on any atom is -0.477 e. The van der Waals surface area contributed by atoms with Crippen LogP contribution in [0.3, 0.4) is 0 Å². The maximum atomic E-state index is 12.7. The first-order valence-corrected chi connectivity index (χ1v) is 22.2. The van der Waals surface area contributed by atoms with Crippen LogP contribution in [0.4, 0.5) is 0 Å². The Bertz CT molecular complexity index is 1780. The van der Waals surface area contributed by atoms with E-state index in [1.54, 1.807) is 0 Å². The van der Waals surface area contributed by atoms with Crippen molar-refractivity contribution in [3.63, 3.8) is 0 Å². The highest BCUT2D eigenvalue weighted by molar-refractivity contribution is 5.76. The van der Waals surface area contributed by atoms with E-state index >= 15 is 0 Å².